The zero-order chi connectivity index (χ0) is 9.84. The van der Waals surface area contributed by atoms with Crippen LogP contribution in [0.15, 0.2) is 35.7 Å². The van der Waals surface area contributed by atoms with Crippen molar-refractivity contribution >= 4 is 17.4 Å². The molecule has 0 fully saturated rings. The lowest BCUT2D eigenvalue weighted by Gasteiger charge is -2.06. The largest absolute Gasteiger partial charge is 0.399 e. The van der Waals surface area contributed by atoms with Crippen LogP contribution in [0.5, 0.6) is 0 Å². The third-order valence-electron chi connectivity index (χ3n) is 1.60. The highest BCUT2D eigenvalue weighted by Crippen LogP contribution is 2.27. The number of nitrogen functional groups attached to an aromatic ring is 1. The molecule has 0 aliphatic heterocycles. The van der Waals surface area contributed by atoms with E-state index in [9.17, 15) is 4.39 Å². The molecular weight excluding hydrogens is 185 g/mol. The van der Waals surface area contributed by atoms with Gasteiger partial charge in [-0.3, -0.25) is 0 Å². The van der Waals surface area contributed by atoms with Crippen LogP contribution in [-0.2, 0) is 0 Å². The fourth-order valence-corrected chi connectivity index (χ4v) is 1.68. The highest BCUT2D eigenvalue weighted by molar-refractivity contribution is 8.00. The Labute approximate surface area is 81.8 Å². The zero-order valence-corrected chi connectivity index (χ0v) is 8.27. The van der Waals surface area contributed by atoms with Gasteiger partial charge in [0.1, 0.15) is 5.82 Å². The molecule has 0 spiro atoms. The van der Waals surface area contributed by atoms with Gasteiger partial charge in [0.25, 0.3) is 0 Å². The molecule has 0 aromatic heterocycles. The third kappa shape index (κ3) is 2.77. The van der Waals surface area contributed by atoms with Gasteiger partial charge in [-0.1, -0.05) is 6.08 Å². The van der Waals surface area contributed by atoms with Crippen molar-refractivity contribution in [3.05, 3.63) is 36.7 Å². The smallest absolute Gasteiger partial charge is 0.138 e. The summed E-state index contributed by atoms with van der Waals surface area (Å²) in [6.45, 7) is 5.60. The molecule has 0 saturated carbocycles. The van der Waals surface area contributed by atoms with Crippen molar-refractivity contribution in [1.82, 2.24) is 0 Å². The summed E-state index contributed by atoms with van der Waals surface area (Å²) >= 11 is 1.43. The minimum absolute atomic E-state index is 0.207. The van der Waals surface area contributed by atoms with Crippen LogP contribution in [0.25, 0.3) is 0 Å². The standard InChI is InChI=1S/C10H12FNS/c1-3-7(2)13-10-5-4-8(12)6-9(10)11/h3-7H,1,12H2,2H3. The fraction of sp³-hybridized carbons (Fsp3) is 0.200. The number of halogens is 1. The van der Waals surface area contributed by atoms with Gasteiger partial charge >= 0.3 is 0 Å². The average molecular weight is 197 g/mol. The number of anilines is 1. The first kappa shape index (κ1) is 10.1. The maximum Gasteiger partial charge on any atom is 0.138 e. The van der Waals surface area contributed by atoms with Crippen molar-refractivity contribution in [3.8, 4) is 0 Å². The summed E-state index contributed by atoms with van der Waals surface area (Å²) in [5.74, 6) is -0.265. The van der Waals surface area contributed by atoms with Crippen LogP contribution in [0.4, 0.5) is 10.1 Å². The van der Waals surface area contributed by atoms with Crippen LogP contribution < -0.4 is 5.73 Å². The second-order valence-corrected chi connectivity index (χ2v) is 4.17. The molecule has 1 aromatic rings. The predicted octanol–water partition coefficient (Wildman–Crippen LogP) is 3.07. The molecule has 2 N–H and O–H groups in total. The van der Waals surface area contributed by atoms with E-state index in [0.717, 1.165) is 0 Å². The van der Waals surface area contributed by atoms with E-state index in [1.807, 2.05) is 6.92 Å². The maximum absolute atomic E-state index is 13.2. The summed E-state index contributed by atoms with van der Waals surface area (Å²) in [5, 5.41) is 0.207. The minimum atomic E-state index is -0.265. The first-order valence-electron chi connectivity index (χ1n) is 3.97. The molecule has 1 atom stereocenters. The molecule has 1 rings (SSSR count). The molecular formula is C10H12FNS. The number of hydrogen-bond acceptors (Lipinski definition) is 2. The van der Waals surface area contributed by atoms with Crippen molar-refractivity contribution < 1.29 is 4.39 Å². The topological polar surface area (TPSA) is 26.0 Å². The summed E-state index contributed by atoms with van der Waals surface area (Å²) < 4.78 is 13.2. The molecule has 70 valence electrons. The van der Waals surface area contributed by atoms with Gasteiger partial charge in [-0.2, -0.15) is 0 Å². The van der Waals surface area contributed by atoms with Crippen LogP contribution >= 0.6 is 11.8 Å². The van der Waals surface area contributed by atoms with Crippen LogP contribution in [0.3, 0.4) is 0 Å². The number of benzene rings is 1. The van der Waals surface area contributed by atoms with Crippen LogP contribution in [0.1, 0.15) is 6.92 Å². The monoisotopic (exact) mass is 197 g/mol. The Morgan fingerprint density at radius 2 is 2.31 bits per heavy atom. The molecule has 0 radical (unpaired) electrons. The Morgan fingerprint density at radius 1 is 1.62 bits per heavy atom. The van der Waals surface area contributed by atoms with E-state index in [0.29, 0.717) is 10.6 Å². The molecule has 3 heteroatoms. The number of thioether (sulfide) groups is 1. The second kappa shape index (κ2) is 4.33. The lowest BCUT2D eigenvalue weighted by molar-refractivity contribution is 0.602. The van der Waals surface area contributed by atoms with Crippen LogP contribution in [0.2, 0.25) is 0 Å². The Balaban J connectivity index is 2.83. The summed E-state index contributed by atoms with van der Waals surface area (Å²) in [6, 6.07) is 4.72. The highest BCUT2D eigenvalue weighted by Gasteiger charge is 2.05. The number of rotatable bonds is 3. The summed E-state index contributed by atoms with van der Waals surface area (Å²) in [4.78, 5) is 0.613. The first-order chi connectivity index (χ1) is 6.13. The van der Waals surface area contributed by atoms with Gasteiger partial charge in [-0.25, -0.2) is 4.39 Å². The summed E-state index contributed by atoms with van der Waals surface area (Å²) in [6.07, 6.45) is 1.78. The molecule has 0 aliphatic carbocycles. The fourth-order valence-electron chi connectivity index (χ4n) is 0.861. The van der Waals surface area contributed by atoms with E-state index in [1.54, 1.807) is 18.2 Å². The second-order valence-electron chi connectivity index (χ2n) is 2.75. The van der Waals surface area contributed by atoms with E-state index in [1.165, 1.54) is 17.8 Å². The average Bonchev–Trinajstić information content (AvgIpc) is 2.09. The molecule has 1 nitrogen and oxygen atoms in total. The van der Waals surface area contributed by atoms with E-state index in [-0.39, 0.29) is 11.1 Å². The SMILES string of the molecule is C=CC(C)Sc1ccc(N)cc1F. The number of nitrogens with two attached hydrogens (primary N) is 1. The van der Waals surface area contributed by atoms with E-state index in [2.05, 4.69) is 6.58 Å². The van der Waals surface area contributed by atoms with E-state index in [4.69, 9.17) is 5.73 Å². The molecule has 0 heterocycles. The Hall–Kier alpha value is -0.960. The first-order valence-corrected chi connectivity index (χ1v) is 4.85. The predicted molar refractivity (Wildman–Crippen MR) is 56.3 cm³/mol. The van der Waals surface area contributed by atoms with Gasteiger partial charge in [0.2, 0.25) is 0 Å². The maximum atomic E-state index is 13.2. The van der Waals surface area contributed by atoms with Crippen molar-refractivity contribution in [2.45, 2.75) is 17.1 Å². The minimum Gasteiger partial charge on any atom is -0.399 e. The molecule has 13 heavy (non-hydrogen) atoms. The van der Waals surface area contributed by atoms with Gasteiger partial charge in [0.15, 0.2) is 0 Å². The van der Waals surface area contributed by atoms with Gasteiger partial charge in [-0.05, 0) is 25.1 Å². The lowest BCUT2D eigenvalue weighted by atomic mass is 10.3. The molecule has 0 amide bonds. The molecule has 1 aromatic carbocycles. The van der Waals surface area contributed by atoms with E-state index < -0.39 is 0 Å². The van der Waals surface area contributed by atoms with Gasteiger partial charge in [-0.15, -0.1) is 18.3 Å². The van der Waals surface area contributed by atoms with Gasteiger partial charge in [0, 0.05) is 15.8 Å². The van der Waals surface area contributed by atoms with Crippen molar-refractivity contribution in [2.24, 2.45) is 0 Å². The summed E-state index contributed by atoms with van der Waals surface area (Å²) in [7, 11) is 0. The Kier molecular flexibility index (Phi) is 3.37. The highest BCUT2D eigenvalue weighted by atomic mass is 32.2. The molecule has 0 aliphatic rings. The third-order valence-corrected chi connectivity index (χ3v) is 2.75. The van der Waals surface area contributed by atoms with Crippen molar-refractivity contribution in [1.29, 1.82) is 0 Å². The number of hydrogen-bond donors (Lipinski definition) is 1. The van der Waals surface area contributed by atoms with Crippen molar-refractivity contribution in [2.75, 3.05) is 5.73 Å². The van der Waals surface area contributed by atoms with Crippen molar-refractivity contribution in [3.63, 3.8) is 0 Å². The Bertz CT molecular complexity index is 312. The van der Waals surface area contributed by atoms with Crippen LogP contribution in [0, 0.1) is 5.82 Å². The van der Waals surface area contributed by atoms with E-state index >= 15 is 0 Å². The molecule has 0 saturated heterocycles. The Morgan fingerprint density at radius 3 is 2.85 bits per heavy atom. The van der Waals surface area contributed by atoms with Crippen LogP contribution in [-0.4, -0.2) is 5.25 Å². The van der Waals surface area contributed by atoms with Gasteiger partial charge in [0.05, 0.1) is 0 Å². The lowest BCUT2D eigenvalue weighted by Crippen LogP contribution is -1.92. The molecule has 0 bridgehead atoms. The quantitative estimate of drug-likeness (QED) is 0.458. The molecule has 1 unspecified atom stereocenters. The zero-order valence-electron chi connectivity index (χ0n) is 7.46. The normalized spacial score (nSPS) is 12.5. The van der Waals surface area contributed by atoms with Gasteiger partial charge < -0.3 is 5.73 Å². The summed E-state index contributed by atoms with van der Waals surface area (Å²) in [5.41, 5.74) is 5.87.